The third-order valence-corrected chi connectivity index (χ3v) is 5.32. The van der Waals surface area contributed by atoms with Gasteiger partial charge in [0.2, 0.25) is 10.0 Å². The summed E-state index contributed by atoms with van der Waals surface area (Å²) in [5.74, 6) is -0.833. The molecule has 0 saturated carbocycles. The topological polar surface area (TPSA) is 74.7 Å². The van der Waals surface area contributed by atoms with E-state index in [0.29, 0.717) is 11.4 Å². The Hall–Kier alpha value is -0.738. The first-order valence-corrected chi connectivity index (χ1v) is 8.51. The number of benzene rings is 1. The zero-order valence-electron chi connectivity index (χ0n) is 13.9. The van der Waals surface area contributed by atoms with E-state index in [2.05, 4.69) is 20.8 Å². The average Bonchev–Trinajstić information content (AvgIpc) is 2.63. The molecule has 1 heterocycles. The van der Waals surface area contributed by atoms with Crippen molar-refractivity contribution >= 4 is 16.0 Å². The number of sulfonamides is 1. The van der Waals surface area contributed by atoms with E-state index >= 15 is 0 Å². The molecule has 1 aliphatic rings. The number of carboxylic acids is 1. The maximum Gasteiger partial charge on any atom is 0.300 e. The second kappa shape index (κ2) is 8.39. The van der Waals surface area contributed by atoms with Gasteiger partial charge >= 0.3 is 0 Å². The Balaban J connectivity index is 0.000000871. The molecule has 7 heteroatoms. The van der Waals surface area contributed by atoms with Crippen LogP contribution in [0.25, 0.3) is 0 Å². The van der Waals surface area contributed by atoms with Crippen LogP contribution in [0.4, 0.5) is 0 Å². The van der Waals surface area contributed by atoms with Crippen LogP contribution in [0.15, 0.2) is 29.2 Å². The zero-order valence-corrected chi connectivity index (χ0v) is 16.2. The fraction of sp³-hybridized carbons (Fsp3) is 0.500. The third kappa shape index (κ3) is 6.34. The molecule has 2 rings (SSSR count). The van der Waals surface area contributed by atoms with Crippen LogP contribution in [0.3, 0.4) is 0 Å². The smallest absolute Gasteiger partial charge is 0.300 e. The van der Waals surface area contributed by atoms with Gasteiger partial charge in [-0.3, -0.25) is 4.79 Å². The molecule has 1 aromatic rings. The van der Waals surface area contributed by atoms with E-state index in [-0.39, 0.29) is 31.9 Å². The van der Waals surface area contributed by atoms with E-state index in [9.17, 15) is 8.42 Å². The van der Waals surface area contributed by atoms with Crippen molar-refractivity contribution in [3.8, 4) is 0 Å². The molecule has 134 valence electrons. The molecular weight excluding hydrogens is 409 g/mol. The van der Waals surface area contributed by atoms with Gasteiger partial charge in [-0.05, 0) is 24.5 Å². The molecule has 1 aromatic carbocycles. The molecule has 1 N–H and O–H groups in total. The molecular formula is C16H24NO4PdS-. The summed E-state index contributed by atoms with van der Waals surface area (Å²) in [5.41, 5.74) is 1.06. The molecule has 0 aromatic heterocycles. The van der Waals surface area contributed by atoms with Crippen molar-refractivity contribution in [2.75, 3.05) is 6.54 Å². The summed E-state index contributed by atoms with van der Waals surface area (Å²) in [5, 5.41) is 7.42. The minimum absolute atomic E-state index is 0. The molecule has 0 amide bonds. The summed E-state index contributed by atoms with van der Waals surface area (Å²) in [7, 11) is -3.40. The molecule has 23 heavy (non-hydrogen) atoms. The SMILES string of the molecule is CC(=O)O.[CH2-]C1CC(C)(C)CN1S(=O)(=O)c1ccc(C)cc1.[Pd]. The van der Waals surface area contributed by atoms with Crippen LogP contribution in [-0.2, 0) is 35.2 Å². The van der Waals surface area contributed by atoms with Crippen molar-refractivity contribution in [1.82, 2.24) is 4.31 Å². The van der Waals surface area contributed by atoms with E-state index in [1.54, 1.807) is 12.1 Å². The fourth-order valence-electron chi connectivity index (χ4n) is 2.48. The number of aliphatic carboxylic acids is 1. The summed E-state index contributed by atoms with van der Waals surface area (Å²) in [6.07, 6.45) is 0.804. The van der Waals surface area contributed by atoms with Crippen molar-refractivity contribution in [1.29, 1.82) is 0 Å². The predicted molar refractivity (Wildman–Crippen MR) is 85.9 cm³/mol. The molecule has 0 spiro atoms. The summed E-state index contributed by atoms with van der Waals surface area (Å²) in [6, 6.07) is 6.82. The van der Waals surface area contributed by atoms with Gasteiger partial charge in [-0.2, -0.15) is 0 Å². The standard InChI is InChI=1S/C14H20NO2S.C2H4O2.Pd/c1-11-5-7-13(8-6-11)18(16,17)15-10-14(3,4)9-12(15)2;1-2(3)4;/h5-8,12H,2,9-10H2,1,3-4H3;1H3,(H,3,4);/q-1;;. The number of hydrogen-bond acceptors (Lipinski definition) is 3. The van der Waals surface area contributed by atoms with E-state index in [4.69, 9.17) is 9.90 Å². The third-order valence-electron chi connectivity index (χ3n) is 3.41. The van der Waals surface area contributed by atoms with Gasteiger partial charge in [-0.15, -0.1) is 6.04 Å². The number of hydrogen-bond donors (Lipinski definition) is 1. The Labute approximate surface area is 152 Å². The second-order valence-corrected chi connectivity index (χ2v) is 8.30. The van der Waals surface area contributed by atoms with Crippen LogP contribution in [0.5, 0.6) is 0 Å². The van der Waals surface area contributed by atoms with Crippen LogP contribution in [-0.4, -0.2) is 36.4 Å². The van der Waals surface area contributed by atoms with Crippen molar-refractivity contribution in [2.24, 2.45) is 5.41 Å². The summed E-state index contributed by atoms with van der Waals surface area (Å²) in [4.78, 5) is 9.36. The number of carboxylic acid groups (broad SMARTS) is 1. The quantitative estimate of drug-likeness (QED) is 0.576. The minimum atomic E-state index is -3.40. The normalized spacial score (nSPS) is 20.1. The number of carbonyl (C=O) groups is 1. The summed E-state index contributed by atoms with van der Waals surface area (Å²) < 4.78 is 26.6. The van der Waals surface area contributed by atoms with Crippen molar-refractivity contribution in [2.45, 2.75) is 45.1 Å². The van der Waals surface area contributed by atoms with Crippen LogP contribution < -0.4 is 0 Å². The summed E-state index contributed by atoms with van der Waals surface area (Å²) >= 11 is 0. The molecule has 5 nitrogen and oxygen atoms in total. The van der Waals surface area contributed by atoms with E-state index in [0.717, 1.165) is 18.9 Å². The number of aryl methyl sites for hydroxylation is 1. The predicted octanol–water partition coefficient (Wildman–Crippen LogP) is 2.71. The molecule has 1 fully saturated rings. The minimum Gasteiger partial charge on any atom is -0.481 e. The zero-order chi connectivity index (χ0) is 17.1. The number of nitrogens with zero attached hydrogens (tertiary/aromatic N) is 1. The maximum atomic E-state index is 12.5. The fourth-order valence-corrected chi connectivity index (χ4v) is 4.22. The Bertz CT molecular complexity index is 622. The van der Waals surface area contributed by atoms with Crippen molar-refractivity contribution in [3.63, 3.8) is 0 Å². The van der Waals surface area contributed by atoms with Gasteiger partial charge in [-0.25, -0.2) is 12.7 Å². The molecule has 1 unspecified atom stereocenters. The Morgan fingerprint density at radius 2 is 1.74 bits per heavy atom. The van der Waals surface area contributed by atoms with Gasteiger partial charge < -0.3 is 12.0 Å². The van der Waals surface area contributed by atoms with E-state index < -0.39 is 16.0 Å². The van der Waals surface area contributed by atoms with E-state index in [1.807, 2.05) is 19.1 Å². The van der Waals surface area contributed by atoms with Crippen molar-refractivity contribution in [3.05, 3.63) is 36.8 Å². The van der Waals surface area contributed by atoms with Gasteiger partial charge in [0.25, 0.3) is 5.97 Å². The first-order chi connectivity index (χ1) is 9.95. The average molecular weight is 433 g/mol. The first-order valence-electron chi connectivity index (χ1n) is 7.07. The molecule has 1 saturated heterocycles. The molecule has 0 bridgehead atoms. The monoisotopic (exact) mass is 432 g/mol. The second-order valence-electron chi connectivity index (χ2n) is 6.40. The first kappa shape index (κ1) is 22.3. The van der Waals surface area contributed by atoms with E-state index in [1.165, 1.54) is 4.31 Å². The Morgan fingerprint density at radius 3 is 2.09 bits per heavy atom. The molecule has 1 aliphatic heterocycles. The maximum absolute atomic E-state index is 12.5. The van der Waals surface area contributed by atoms with Crippen LogP contribution in [0, 0.1) is 19.3 Å². The Kier molecular flexibility index (Phi) is 8.12. The largest absolute Gasteiger partial charge is 0.481 e. The summed E-state index contributed by atoms with van der Waals surface area (Å²) in [6.45, 7) is 11.7. The van der Waals surface area contributed by atoms with Gasteiger partial charge in [0.1, 0.15) is 0 Å². The van der Waals surface area contributed by atoms with Crippen LogP contribution in [0.2, 0.25) is 0 Å². The van der Waals surface area contributed by atoms with Crippen molar-refractivity contribution < 1.29 is 38.7 Å². The van der Waals surface area contributed by atoms with Gasteiger partial charge in [0.15, 0.2) is 0 Å². The van der Waals surface area contributed by atoms with Gasteiger partial charge in [-0.1, -0.05) is 38.0 Å². The molecule has 1 atom stereocenters. The Morgan fingerprint density at radius 1 is 1.30 bits per heavy atom. The molecule has 0 radical (unpaired) electrons. The molecule has 0 aliphatic carbocycles. The van der Waals surface area contributed by atoms with Gasteiger partial charge in [0.05, 0.1) is 4.90 Å². The van der Waals surface area contributed by atoms with Crippen LogP contribution in [0.1, 0.15) is 32.8 Å². The van der Waals surface area contributed by atoms with Gasteiger partial charge in [0, 0.05) is 33.9 Å². The van der Waals surface area contributed by atoms with Crippen LogP contribution >= 0.6 is 0 Å². The number of rotatable bonds is 2.